The van der Waals surface area contributed by atoms with Crippen molar-refractivity contribution in [2.24, 2.45) is 0 Å². The Balaban J connectivity index is 2.41. The number of halogens is 1. The Morgan fingerprint density at radius 3 is 2.53 bits per heavy atom. The lowest BCUT2D eigenvalue weighted by Gasteiger charge is -2.33. The second-order valence-electron chi connectivity index (χ2n) is 3.87. The van der Waals surface area contributed by atoms with Gasteiger partial charge in [0.2, 0.25) is 0 Å². The quantitative estimate of drug-likeness (QED) is 0.722. The maximum Gasteiger partial charge on any atom is 0.130 e. The lowest BCUT2D eigenvalue weighted by Crippen LogP contribution is -2.35. The number of ether oxygens (including phenoxy) is 1. The molecule has 80 valence electrons. The fraction of sp³-hybridized carbons (Fsp3) is 0.417. The lowest BCUT2D eigenvalue weighted by atomic mass is 9.75. The Labute approximate surface area is 94.2 Å². The van der Waals surface area contributed by atoms with Crippen molar-refractivity contribution in [3.63, 3.8) is 0 Å². The van der Waals surface area contributed by atoms with Crippen LogP contribution in [0.3, 0.4) is 0 Å². The number of carbonyl (C=O) groups is 1. The molecule has 0 amide bonds. The highest BCUT2D eigenvalue weighted by molar-refractivity contribution is 6.31. The minimum absolute atomic E-state index is 0.434. The van der Waals surface area contributed by atoms with Crippen LogP contribution in [-0.2, 0) is 14.9 Å². The molecule has 1 aromatic rings. The van der Waals surface area contributed by atoms with Gasteiger partial charge in [0.25, 0.3) is 0 Å². The van der Waals surface area contributed by atoms with E-state index in [1.165, 1.54) is 0 Å². The summed E-state index contributed by atoms with van der Waals surface area (Å²) < 4.78 is 5.29. The maximum absolute atomic E-state index is 11.3. The van der Waals surface area contributed by atoms with Gasteiger partial charge in [-0.2, -0.15) is 0 Å². The van der Waals surface area contributed by atoms with Gasteiger partial charge in [-0.05, 0) is 24.5 Å². The fourth-order valence-corrected chi connectivity index (χ4v) is 2.38. The average molecular weight is 225 g/mol. The molecule has 0 bridgehead atoms. The summed E-state index contributed by atoms with van der Waals surface area (Å²) in [6, 6.07) is 7.56. The van der Waals surface area contributed by atoms with E-state index in [1.54, 1.807) is 0 Å². The van der Waals surface area contributed by atoms with E-state index in [0.29, 0.717) is 18.2 Å². The van der Waals surface area contributed by atoms with Crippen molar-refractivity contribution in [3.05, 3.63) is 34.9 Å². The third kappa shape index (κ3) is 1.92. The molecule has 0 aliphatic carbocycles. The van der Waals surface area contributed by atoms with Gasteiger partial charge < -0.3 is 9.53 Å². The standard InChI is InChI=1S/C12H13ClO2/c13-11-4-2-1-3-10(11)12(9-14)5-7-15-8-6-12/h1-4,9H,5-8H2. The second-order valence-corrected chi connectivity index (χ2v) is 4.27. The summed E-state index contributed by atoms with van der Waals surface area (Å²) in [7, 11) is 0. The number of hydrogen-bond donors (Lipinski definition) is 0. The highest BCUT2D eigenvalue weighted by atomic mass is 35.5. The first-order valence-electron chi connectivity index (χ1n) is 5.08. The molecule has 1 heterocycles. The number of rotatable bonds is 2. The topological polar surface area (TPSA) is 26.3 Å². The normalized spacial score (nSPS) is 19.8. The van der Waals surface area contributed by atoms with Crippen LogP contribution in [-0.4, -0.2) is 19.5 Å². The van der Waals surface area contributed by atoms with Crippen LogP contribution in [0.5, 0.6) is 0 Å². The molecule has 0 spiro atoms. The highest BCUT2D eigenvalue weighted by Gasteiger charge is 2.35. The molecule has 0 saturated carbocycles. The summed E-state index contributed by atoms with van der Waals surface area (Å²) in [5, 5.41) is 0.673. The van der Waals surface area contributed by atoms with Crippen LogP contribution >= 0.6 is 11.6 Å². The van der Waals surface area contributed by atoms with Crippen molar-refractivity contribution >= 4 is 17.9 Å². The molecule has 15 heavy (non-hydrogen) atoms. The average Bonchev–Trinajstić information content (AvgIpc) is 2.30. The van der Waals surface area contributed by atoms with Crippen molar-refractivity contribution in [3.8, 4) is 0 Å². The van der Waals surface area contributed by atoms with E-state index < -0.39 is 5.41 Å². The zero-order valence-corrected chi connectivity index (χ0v) is 9.17. The van der Waals surface area contributed by atoms with E-state index in [1.807, 2.05) is 24.3 Å². The van der Waals surface area contributed by atoms with Crippen molar-refractivity contribution in [1.29, 1.82) is 0 Å². The Morgan fingerprint density at radius 2 is 1.93 bits per heavy atom. The van der Waals surface area contributed by atoms with Crippen molar-refractivity contribution < 1.29 is 9.53 Å². The Kier molecular flexibility index (Phi) is 3.08. The number of aldehydes is 1. The molecular formula is C12H13ClO2. The summed E-state index contributed by atoms with van der Waals surface area (Å²) in [5.74, 6) is 0. The van der Waals surface area contributed by atoms with E-state index in [2.05, 4.69) is 0 Å². The lowest BCUT2D eigenvalue weighted by molar-refractivity contribution is -0.115. The summed E-state index contributed by atoms with van der Waals surface area (Å²) in [5.41, 5.74) is 0.501. The van der Waals surface area contributed by atoms with Crippen LogP contribution in [0.4, 0.5) is 0 Å². The van der Waals surface area contributed by atoms with Crippen LogP contribution < -0.4 is 0 Å². The van der Waals surface area contributed by atoms with Gasteiger partial charge in [-0.3, -0.25) is 0 Å². The molecule has 0 aromatic heterocycles. The van der Waals surface area contributed by atoms with Crippen LogP contribution in [0, 0.1) is 0 Å². The molecule has 1 saturated heterocycles. The van der Waals surface area contributed by atoms with Gasteiger partial charge in [0.05, 0.1) is 5.41 Å². The largest absolute Gasteiger partial charge is 0.381 e. The summed E-state index contributed by atoms with van der Waals surface area (Å²) in [4.78, 5) is 11.3. The molecule has 1 aliphatic rings. The number of hydrogen-bond acceptors (Lipinski definition) is 2. The van der Waals surface area contributed by atoms with Gasteiger partial charge >= 0.3 is 0 Å². The molecule has 1 aliphatic heterocycles. The zero-order valence-electron chi connectivity index (χ0n) is 8.41. The third-order valence-corrected chi connectivity index (χ3v) is 3.35. The summed E-state index contributed by atoms with van der Waals surface area (Å²) in [6.07, 6.45) is 2.47. The van der Waals surface area contributed by atoms with Gasteiger partial charge in [-0.1, -0.05) is 29.8 Å². The van der Waals surface area contributed by atoms with E-state index in [9.17, 15) is 4.79 Å². The minimum Gasteiger partial charge on any atom is -0.381 e. The first-order valence-corrected chi connectivity index (χ1v) is 5.45. The van der Waals surface area contributed by atoms with Gasteiger partial charge in [0, 0.05) is 18.2 Å². The highest BCUT2D eigenvalue weighted by Crippen LogP contribution is 2.36. The molecule has 1 aromatic carbocycles. The number of benzene rings is 1. The van der Waals surface area contributed by atoms with E-state index in [0.717, 1.165) is 24.7 Å². The van der Waals surface area contributed by atoms with E-state index in [-0.39, 0.29) is 0 Å². The van der Waals surface area contributed by atoms with E-state index in [4.69, 9.17) is 16.3 Å². The fourth-order valence-electron chi connectivity index (χ4n) is 2.05. The van der Waals surface area contributed by atoms with Gasteiger partial charge in [-0.25, -0.2) is 0 Å². The monoisotopic (exact) mass is 224 g/mol. The van der Waals surface area contributed by atoms with Crippen LogP contribution in [0.25, 0.3) is 0 Å². The van der Waals surface area contributed by atoms with Gasteiger partial charge in [-0.15, -0.1) is 0 Å². The van der Waals surface area contributed by atoms with Crippen LogP contribution in [0.15, 0.2) is 24.3 Å². The van der Waals surface area contributed by atoms with Gasteiger partial charge in [0.15, 0.2) is 0 Å². The molecule has 0 radical (unpaired) electrons. The Morgan fingerprint density at radius 1 is 1.27 bits per heavy atom. The summed E-state index contributed by atoms with van der Waals surface area (Å²) >= 11 is 6.13. The number of carbonyl (C=O) groups excluding carboxylic acids is 1. The molecule has 2 nitrogen and oxygen atoms in total. The van der Waals surface area contributed by atoms with E-state index >= 15 is 0 Å². The molecular weight excluding hydrogens is 212 g/mol. The molecule has 0 N–H and O–H groups in total. The van der Waals surface area contributed by atoms with Gasteiger partial charge in [0.1, 0.15) is 6.29 Å². The third-order valence-electron chi connectivity index (χ3n) is 3.02. The predicted octanol–water partition coefficient (Wildman–Crippen LogP) is 2.59. The predicted molar refractivity (Wildman–Crippen MR) is 59.2 cm³/mol. The van der Waals surface area contributed by atoms with Crippen molar-refractivity contribution in [2.75, 3.05) is 13.2 Å². The Bertz CT molecular complexity index is 356. The molecule has 3 heteroatoms. The van der Waals surface area contributed by atoms with Crippen LogP contribution in [0.1, 0.15) is 18.4 Å². The zero-order chi connectivity index (χ0) is 10.7. The smallest absolute Gasteiger partial charge is 0.130 e. The minimum atomic E-state index is -0.434. The first-order chi connectivity index (χ1) is 7.28. The van der Waals surface area contributed by atoms with Crippen molar-refractivity contribution in [1.82, 2.24) is 0 Å². The summed E-state index contributed by atoms with van der Waals surface area (Å²) in [6.45, 7) is 1.26. The molecule has 1 fully saturated rings. The molecule has 0 atom stereocenters. The second kappa shape index (κ2) is 4.33. The van der Waals surface area contributed by atoms with Crippen LogP contribution in [0.2, 0.25) is 5.02 Å². The molecule has 0 unspecified atom stereocenters. The SMILES string of the molecule is O=CC1(c2ccccc2Cl)CCOCC1. The first kappa shape index (κ1) is 10.7. The molecule has 2 rings (SSSR count). The maximum atomic E-state index is 11.3. The Hall–Kier alpha value is -0.860. The van der Waals surface area contributed by atoms with Crippen molar-refractivity contribution in [2.45, 2.75) is 18.3 Å².